The van der Waals surface area contributed by atoms with Crippen molar-refractivity contribution in [3.05, 3.63) is 94.8 Å². The number of aliphatic hydroxyl groups is 1. The maximum atomic E-state index is 13.4. The first-order valence-electron chi connectivity index (χ1n) is 10.4. The van der Waals surface area contributed by atoms with E-state index < -0.39 is 23.5 Å². The van der Waals surface area contributed by atoms with Crippen LogP contribution in [-0.2, 0) is 16.1 Å². The molecule has 3 aromatic carbocycles. The molecule has 1 saturated heterocycles. The van der Waals surface area contributed by atoms with Crippen molar-refractivity contribution in [2.24, 2.45) is 0 Å². The van der Waals surface area contributed by atoms with E-state index in [1.54, 1.807) is 24.3 Å². The fourth-order valence-corrected chi connectivity index (χ4v) is 3.97. The zero-order chi connectivity index (χ0) is 24.4. The molecular weight excluding hydrogens is 441 g/mol. The Morgan fingerprint density at radius 2 is 1.59 bits per heavy atom. The van der Waals surface area contributed by atoms with Crippen molar-refractivity contribution >= 4 is 17.4 Å². The number of hydrogen-bond donors (Lipinski definition) is 2. The normalized spacial score (nSPS) is 17.1. The molecular formula is C26H22FNO6. The summed E-state index contributed by atoms with van der Waals surface area (Å²) in [7, 11) is 2.92. The van der Waals surface area contributed by atoms with Gasteiger partial charge in [-0.1, -0.05) is 24.3 Å². The van der Waals surface area contributed by atoms with Crippen molar-refractivity contribution in [2.45, 2.75) is 12.6 Å². The van der Waals surface area contributed by atoms with Gasteiger partial charge in [0.05, 0.1) is 25.8 Å². The number of likely N-dealkylation sites (tertiary alicyclic amines) is 1. The summed E-state index contributed by atoms with van der Waals surface area (Å²) in [6.45, 7) is 0.0130. The van der Waals surface area contributed by atoms with Crippen LogP contribution in [0.15, 0.2) is 72.3 Å². The molecule has 1 aliphatic rings. The average Bonchev–Trinajstić information content (AvgIpc) is 3.09. The summed E-state index contributed by atoms with van der Waals surface area (Å²) in [6.07, 6.45) is 0. The van der Waals surface area contributed by atoms with Crippen LogP contribution in [0.25, 0.3) is 5.76 Å². The van der Waals surface area contributed by atoms with Gasteiger partial charge >= 0.3 is 0 Å². The molecule has 2 N–H and O–H groups in total. The third-order valence-electron chi connectivity index (χ3n) is 5.67. The Bertz CT molecular complexity index is 1270. The van der Waals surface area contributed by atoms with Crippen LogP contribution in [0.1, 0.15) is 22.7 Å². The quantitative estimate of drug-likeness (QED) is 0.324. The van der Waals surface area contributed by atoms with Gasteiger partial charge in [0, 0.05) is 12.1 Å². The molecule has 1 unspecified atom stereocenters. The number of nitrogens with zero attached hydrogens (tertiary/aromatic N) is 1. The first-order chi connectivity index (χ1) is 16.3. The summed E-state index contributed by atoms with van der Waals surface area (Å²) >= 11 is 0. The van der Waals surface area contributed by atoms with Crippen molar-refractivity contribution in [1.82, 2.24) is 4.90 Å². The highest BCUT2D eigenvalue weighted by Gasteiger charge is 2.46. The zero-order valence-electron chi connectivity index (χ0n) is 18.5. The van der Waals surface area contributed by atoms with Crippen LogP contribution in [0, 0.1) is 5.82 Å². The Morgan fingerprint density at radius 3 is 2.21 bits per heavy atom. The van der Waals surface area contributed by atoms with Gasteiger partial charge < -0.3 is 24.6 Å². The number of methoxy groups -OCH3 is 2. The zero-order valence-corrected chi connectivity index (χ0v) is 18.5. The van der Waals surface area contributed by atoms with Gasteiger partial charge in [-0.15, -0.1) is 0 Å². The van der Waals surface area contributed by atoms with Crippen LogP contribution >= 0.6 is 0 Å². The van der Waals surface area contributed by atoms with E-state index in [1.807, 2.05) is 0 Å². The molecule has 0 bridgehead atoms. The number of amides is 1. The van der Waals surface area contributed by atoms with E-state index in [0.29, 0.717) is 22.6 Å². The minimum atomic E-state index is -0.932. The third kappa shape index (κ3) is 4.17. The molecule has 4 rings (SSSR count). The highest BCUT2D eigenvalue weighted by molar-refractivity contribution is 6.46. The maximum absolute atomic E-state index is 13.4. The number of halogens is 1. The SMILES string of the molecule is COc1ccc(/C(O)=C2/C(=O)C(=O)N(Cc3ccc(F)cc3)C2c2ccc(O)cc2)cc1OC. The number of phenols is 1. The summed E-state index contributed by atoms with van der Waals surface area (Å²) in [5.74, 6) is -1.66. The van der Waals surface area contributed by atoms with Gasteiger partial charge in [0.2, 0.25) is 0 Å². The topological polar surface area (TPSA) is 96.3 Å². The molecule has 174 valence electrons. The smallest absolute Gasteiger partial charge is 0.295 e. The fraction of sp³-hybridized carbons (Fsp3) is 0.154. The molecule has 0 saturated carbocycles. The van der Waals surface area contributed by atoms with Gasteiger partial charge in [0.15, 0.2) is 11.5 Å². The van der Waals surface area contributed by atoms with Crippen LogP contribution < -0.4 is 9.47 Å². The Kier molecular flexibility index (Phi) is 6.23. The highest BCUT2D eigenvalue weighted by atomic mass is 19.1. The van der Waals surface area contributed by atoms with Crippen molar-refractivity contribution < 1.29 is 33.7 Å². The van der Waals surface area contributed by atoms with E-state index in [9.17, 15) is 24.2 Å². The molecule has 0 aromatic heterocycles. The first-order valence-corrected chi connectivity index (χ1v) is 10.4. The Labute approximate surface area is 195 Å². The van der Waals surface area contributed by atoms with E-state index in [-0.39, 0.29) is 29.2 Å². The lowest BCUT2D eigenvalue weighted by molar-refractivity contribution is -0.140. The largest absolute Gasteiger partial charge is 0.508 e. The lowest BCUT2D eigenvalue weighted by Gasteiger charge is -2.25. The van der Waals surface area contributed by atoms with Gasteiger partial charge in [-0.2, -0.15) is 0 Å². The minimum Gasteiger partial charge on any atom is -0.508 e. The molecule has 8 heteroatoms. The predicted molar refractivity (Wildman–Crippen MR) is 122 cm³/mol. The molecule has 1 aliphatic heterocycles. The van der Waals surface area contributed by atoms with Crippen molar-refractivity contribution in [3.63, 3.8) is 0 Å². The number of carbonyl (C=O) groups excluding carboxylic acids is 2. The van der Waals surface area contributed by atoms with Crippen LogP contribution in [0.5, 0.6) is 17.2 Å². The molecule has 0 radical (unpaired) electrons. The number of aromatic hydroxyl groups is 1. The standard InChI is InChI=1S/C26H22FNO6/c1-33-20-12-7-17(13-21(20)34-2)24(30)22-23(16-5-10-19(29)11-6-16)28(26(32)25(22)31)14-15-3-8-18(27)9-4-15/h3-13,23,29-30H,14H2,1-2H3/b24-22-. The molecule has 1 fully saturated rings. The summed E-state index contributed by atoms with van der Waals surface area (Å²) < 4.78 is 23.9. The predicted octanol–water partition coefficient (Wildman–Crippen LogP) is 4.17. The minimum absolute atomic E-state index is 0.0130. The number of ketones is 1. The second-order valence-electron chi connectivity index (χ2n) is 7.71. The van der Waals surface area contributed by atoms with Crippen LogP contribution in [0.2, 0.25) is 0 Å². The molecule has 7 nitrogen and oxygen atoms in total. The van der Waals surface area contributed by atoms with Gasteiger partial charge in [-0.05, 0) is 53.6 Å². The highest BCUT2D eigenvalue weighted by Crippen LogP contribution is 2.41. The van der Waals surface area contributed by atoms with E-state index in [4.69, 9.17) is 9.47 Å². The number of hydrogen-bond acceptors (Lipinski definition) is 6. The van der Waals surface area contributed by atoms with E-state index in [2.05, 4.69) is 0 Å². The average molecular weight is 463 g/mol. The molecule has 0 aliphatic carbocycles. The van der Waals surface area contributed by atoms with E-state index in [0.717, 1.165) is 0 Å². The summed E-state index contributed by atoms with van der Waals surface area (Å²) in [5, 5.41) is 20.9. The molecule has 0 spiro atoms. The maximum Gasteiger partial charge on any atom is 0.295 e. The summed E-state index contributed by atoms with van der Waals surface area (Å²) in [4.78, 5) is 27.5. The molecule has 1 amide bonds. The lowest BCUT2D eigenvalue weighted by Crippen LogP contribution is -2.29. The number of aliphatic hydroxyl groups excluding tert-OH is 1. The summed E-state index contributed by atoms with van der Waals surface area (Å²) in [6, 6.07) is 15.3. The van der Waals surface area contributed by atoms with Gasteiger partial charge in [-0.25, -0.2) is 4.39 Å². The third-order valence-corrected chi connectivity index (χ3v) is 5.67. The van der Waals surface area contributed by atoms with Gasteiger partial charge in [0.25, 0.3) is 11.7 Å². The van der Waals surface area contributed by atoms with Gasteiger partial charge in [0.1, 0.15) is 17.3 Å². The Balaban J connectivity index is 1.85. The number of carbonyl (C=O) groups is 2. The fourth-order valence-electron chi connectivity index (χ4n) is 3.97. The number of ether oxygens (including phenoxy) is 2. The number of benzene rings is 3. The van der Waals surface area contributed by atoms with Crippen LogP contribution in [0.4, 0.5) is 4.39 Å². The van der Waals surface area contributed by atoms with Gasteiger partial charge in [-0.3, -0.25) is 9.59 Å². The molecule has 34 heavy (non-hydrogen) atoms. The molecule has 1 atom stereocenters. The van der Waals surface area contributed by atoms with Crippen molar-refractivity contribution in [3.8, 4) is 17.2 Å². The van der Waals surface area contributed by atoms with E-state index in [1.165, 1.54) is 61.6 Å². The molecule has 1 heterocycles. The number of Topliss-reactive ketones (excluding diaryl/α,β-unsaturated/α-hetero) is 1. The lowest BCUT2D eigenvalue weighted by atomic mass is 9.95. The van der Waals surface area contributed by atoms with Crippen molar-refractivity contribution in [1.29, 1.82) is 0 Å². The number of rotatable bonds is 6. The number of phenolic OH excluding ortho intramolecular Hbond substituents is 1. The van der Waals surface area contributed by atoms with Crippen LogP contribution in [0.3, 0.4) is 0 Å². The Hall–Kier alpha value is -4.33. The van der Waals surface area contributed by atoms with Crippen molar-refractivity contribution in [2.75, 3.05) is 14.2 Å². The van der Waals surface area contributed by atoms with E-state index >= 15 is 0 Å². The molecule has 3 aromatic rings. The van der Waals surface area contributed by atoms with Crippen LogP contribution in [-0.4, -0.2) is 41.0 Å². The monoisotopic (exact) mass is 463 g/mol. The second kappa shape index (κ2) is 9.27. The first kappa shape index (κ1) is 22.8. The Morgan fingerprint density at radius 1 is 0.941 bits per heavy atom. The second-order valence-corrected chi connectivity index (χ2v) is 7.71. The summed E-state index contributed by atoms with van der Waals surface area (Å²) in [5.41, 5.74) is 1.28.